The standard InChI is InChI=1S/C17H18BrN5O3/c1-2-25-11-23-10-14(9-19-23)20-17(24)16-7-8-22(21-16)12-26-15-5-3-13(18)4-6-15/h3-10H,2,11-12H2,1H3,(H,20,24). The van der Waals surface area contributed by atoms with Gasteiger partial charge < -0.3 is 14.8 Å². The van der Waals surface area contributed by atoms with Crippen molar-refractivity contribution < 1.29 is 14.3 Å². The lowest BCUT2D eigenvalue weighted by Crippen LogP contribution is -2.14. The smallest absolute Gasteiger partial charge is 0.276 e. The van der Waals surface area contributed by atoms with Crippen molar-refractivity contribution in [2.24, 2.45) is 0 Å². The quantitative estimate of drug-likeness (QED) is 0.606. The Morgan fingerprint density at radius 2 is 2.00 bits per heavy atom. The molecule has 2 aromatic heterocycles. The summed E-state index contributed by atoms with van der Waals surface area (Å²) in [6, 6.07) is 9.11. The Morgan fingerprint density at radius 3 is 2.77 bits per heavy atom. The molecule has 0 saturated heterocycles. The third kappa shape index (κ3) is 4.93. The first kappa shape index (κ1) is 18.2. The highest BCUT2D eigenvalue weighted by atomic mass is 79.9. The van der Waals surface area contributed by atoms with E-state index < -0.39 is 0 Å². The second-order valence-corrected chi connectivity index (χ2v) is 6.23. The van der Waals surface area contributed by atoms with Gasteiger partial charge in [0.2, 0.25) is 0 Å². The van der Waals surface area contributed by atoms with Crippen LogP contribution in [0.2, 0.25) is 0 Å². The number of rotatable bonds is 8. The fourth-order valence-corrected chi connectivity index (χ4v) is 2.37. The number of anilines is 1. The average Bonchev–Trinajstić information content (AvgIpc) is 3.29. The van der Waals surface area contributed by atoms with E-state index in [9.17, 15) is 4.79 Å². The van der Waals surface area contributed by atoms with Gasteiger partial charge in [-0.05, 0) is 37.3 Å². The predicted molar refractivity (Wildman–Crippen MR) is 98.8 cm³/mol. The highest BCUT2D eigenvalue weighted by Crippen LogP contribution is 2.16. The molecule has 0 fully saturated rings. The maximum Gasteiger partial charge on any atom is 0.276 e. The lowest BCUT2D eigenvalue weighted by atomic mass is 10.3. The number of carbonyl (C=O) groups is 1. The van der Waals surface area contributed by atoms with Gasteiger partial charge in [0.15, 0.2) is 12.4 Å². The van der Waals surface area contributed by atoms with Gasteiger partial charge in [-0.15, -0.1) is 0 Å². The highest BCUT2D eigenvalue weighted by Gasteiger charge is 2.11. The molecule has 0 spiro atoms. The molecule has 1 amide bonds. The van der Waals surface area contributed by atoms with E-state index in [1.165, 1.54) is 0 Å². The van der Waals surface area contributed by atoms with Crippen LogP contribution in [-0.4, -0.2) is 32.1 Å². The summed E-state index contributed by atoms with van der Waals surface area (Å²) in [7, 11) is 0. The molecule has 0 aliphatic heterocycles. The van der Waals surface area contributed by atoms with Crippen LogP contribution in [-0.2, 0) is 18.2 Å². The molecular weight excluding hydrogens is 402 g/mol. The van der Waals surface area contributed by atoms with E-state index in [-0.39, 0.29) is 12.6 Å². The van der Waals surface area contributed by atoms with Crippen LogP contribution >= 0.6 is 15.9 Å². The van der Waals surface area contributed by atoms with Crippen molar-refractivity contribution >= 4 is 27.5 Å². The summed E-state index contributed by atoms with van der Waals surface area (Å²) in [5.41, 5.74) is 0.873. The maximum atomic E-state index is 12.3. The van der Waals surface area contributed by atoms with Gasteiger partial charge in [-0.25, -0.2) is 9.36 Å². The normalized spacial score (nSPS) is 10.7. The van der Waals surface area contributed by atoms with Crippen LogP contribution in [0.5, 0.6) is 5.75 Å². The summed E-state index contributed by atoms with van der Waals surface area (Å²) >= 11 is 3.37. The van der Waals surface area contributed by atoms with E-state index >= 15 is 0 Å². The number of halogens is 1. The zero-order chi connectivity index (χ0) is 18.4. The molecule has 0 radical (unpaired) electrons. The molecule has 136 valence electrons. The van der Waals surface area contributed by atoms with Gasteiger partial charge in [-0.1, -0.05) is 15.9 Å². The van der Waals surface area contributed by atoms with E-state index in [2.05, 4.69) is 31.4 Å². The van der Waals surface area contributed by atoms with Gasteiger partial charge in [-0.2, -0.15) is 10.2 Å². The molecule has 8 nitrogen and oxygen atoms in total. The Hall–Kier alpha value is -2.65. The summed E-state index contributed by atoms with van der Waals surface area (Å²) in [4.78, 5) is 12.3. The van der Waals surface area contributed by atoms with Crippen molar-refractivity contribution in [2.45, 2.75) is 20.4 Å². The summed E-state index contributed by atoms with van der Waals surface area (Å²) in [6.45, 7) is 3.06. The van der Waals surface area contributed by atoms with Crippen molar-refractivity contribution in [2.75, 3.05) is 11.9 Å². The number of ether oxygens (including phenoxy) is 2. The van der Waals surface area contributed by atoms with E-state index in [0.29, 0.717) is 24.7 Å². The maximum absolute atomic E-state index is 12.3. The monoisotopic (exact) mass is 419 g/mol. The molecule has 3 aromatic rings. The number of benzene rings is 1. The third-order valence-electron chi connectivity index (χ3n) is 3.37. The lowest BCUT2D eigenvalue weighted by molar-refractivity contribution is 0.0792. The molecule has 0 unspecified atom stereocenters. The zero-order valence-electron chi connectivity index (χ0n) is 14.1. The van der Waals surface area contributed by atoms with Gasteiger partial charge in [0.25, 0.3) is 5.91 Å². The first-order valence-electron chi connectivity index (χ1n) is 7.97. The van der Waals surface area contributed by atoms with Crippen LogP contribution in [0, 0.1) is 0 Å². The largest absolute Gasteiger partial charge is 0.471 e. The van der Waals surface area contributed by atoms with Crippen molar-refractivity contribution in [1.29, 1.82) is 0 Å². The molecule has 1 N–H and O–H groups in total. The number of amides is 1. The minimum Gasteiger partial charge on any atom is -0.471 e. The number of hydrogen-bond donors (Lipinski definition) is 1. The van der Waals surface area contributed by atoms with Crippen LogP contribution in [0.15, 0.2) is 53.4 Å². The molecule has 0 saturated carbocycles. The molecule has 9 heteroatoms. The fraction of sp³-hybridized carbons (Fsp3) is 0.235. The summed E-state index contributed by atoms with van der Waals surface area (Å²) < 4.78 is 15.0. The van der Waals surface area contributed by atoms with Crippen molar-refractivity contribution in [3.05, 3.63) is 59.1 Å². The number of aromatic nitrogens is 4. The molecule has 0 aliphatic carbocycles. The second kappa shape index (κ2) is 8.63. The Bertz CT molecular complexity index is 859. The second-order valence-electron chi connectivity index (χ2n) is 5.31. The SMILES string of the molecule is CCOCn1cc(NC(=O)c2ccn(COc3ccc(Br)cc3)n2)cn1. The Kier molecular flexibility index (Phi) is 6.03. The Labute approximate surface area is 158 Å². The number of nitrogens with zero attached hydrogens (tertiary/aromatic N) is 4. The summed E-state index contributed by atoms with van der Waals surface area (Å²) in [5, 5.41) is 11.1. The first-order valence-corrected chi connectivity index (χ1v) is 8.76. The minimum atomic E-state index is -0.316. The van der Waals surface area contributed by atoms with E-state index in [0.717, 1.165) is 10.2 Å². The van der Waals surface area contributed by atoms with Gasteiger partial charge in [0.05, 0.1) is 18.1 Å². The van der Waals surface area contributed by atoms with Crippen LogP contribution in [0.3, 0.4) is 0 Å². The molecule has 0 aliphatic rings. The van der Waals surface area contributed by atoms with Gasteiger partial charge >= 0.3 is 0 Å². The third-order valence-corrected chi connectivity index (χ3v) is 3.90. The molecule has 3 rings (SSSR count). The van der Waals surface area contributed by atoms with Crippen LogP contribution in [0.25, 0.3) is 0 Å². The van der Waals surface area contributed by atoms with Gasteiger partial charge in [0.1, 0.15) is 12.5 Å². The fourth-order valence-electron chi connectivity index (χ4n) is 2.10. The van der Waals surface area contributed by atoms with E-state index in [4.69, 9.17) is 9.47 Å². The van der Waals surface area contributed by atoms with Crippen molar-refractivity contribution in [3.8, 4) is 5.75 Å². The van der Waals surface area contributed by atoms with E-state index in [1.54, 1.807) is 34.0 Å². The number of nitrogens with one attached hydrogen (secondary N) is 1. The molecule has 0 bridgehead atoms. The minimum absolute atomic E-state index is 0.210. The number of carbonyl (C=O) groups excluding carboxylic acids is 1. The average molecular weight is 420 g/mol. The van der Waals surface area contributed by atoms with Crippen LogP contribution in [0.1, 0.15) is 17.4 Å². The summed E-state index contributed by atoms with van der Waals surface area (Å²) in [5.74, 6) is 0.403. The van der Waals surface area contributed by atoms with Crippen molar-refractivity contribution in [1.82, 2.24) is 19.6 Å². The van der Waals surface area contributed by atoms with Crippen LogP contribution < -0.4 is 10.1 Å². The lowest BCUT2D eigenvalue weighted by Gasteiger charge is -2.06. The first-order chi connectivity index (χ1) is 12.6. The summed E-state index contributed by atoms with van der Waals surface area (Å²) in [6.07, 6.45) is 4.94. The molecule has 1 aromatic carbocycles. The molecule has 26 heavy (non-hydrogen) atoms. The van der Waals surface area contributed by atoms with E-state index in [1.807, 2.05) is 31.2 Å². The van der Waals surface area contributed by atoms with Gasteiger partial charge in [-0.3, -0.25) is 4.79 Å². The Morgan fingerprint density at radius 1 is 1.19 bits per heavy atom. The topological polar surface area (TPSA) is 83.2 Å². The predicted octanol–water partition coefficient (Wildman–Crippen LogP) is 3.12. The number of hydrogen-bond acceptors (Lipinski definition) is 5. The molecule has 2 heterocycles. The molecular formula is C17H18BrN5O3. The van der Waals surface area contributed by atoms with Crippen molar-refractivity contribution in [3.63, 3.8) is 0 Å². The highest BCUT2D eigenvalue weighted by molar-refractivity contribution is 9.10. The Balaban J connectivity index is 1.54. The van der Waals surface area contributed by atoms with Gasteiger partial charge in [0, 0.05) is 17.3 Å². The zero-order valence-corrected chi connectivity index (χ0v) is 15.7. The molecule has 0 atom stereocenters. The van der Waals surface area contributed by atoms with Crippen LogP contribution in [0.4, 0.5) is 5.69 Å².